The number of rotatable bonds is 4. The molecule has 0 spiro atoms. The van der Waals surface area contributed by atoms with Gasteiger partial charge in [0.2, 0.25) is 0 Å². The Hall–Kier alpha value is -2.54. The van der Waals surface area contributed by atoms with Crippen LogP contribution in [0.3, 0.4) is 0 Å². The van der Waals surface area contributed by atoms with Crippen LogP contribution in [0.2, 0.25) is 0 Å². The van der Waals surface area contributed by atoms with Gasteiger partial charge in [-0.25, -0.2) is 9.97 Å². The Bertz CT molecular complexity index is 697. The molecule has 1 amide bonds. The van der Waals surface area contributed by atoms with Crippen LogP contribution < -0.4 is 5.32 Å². The van der Waals surface area contributed by atoms with Crippen LogP contribution in [0.5, 0.6) is 0 Å². The summed E-state index contributed by atoms with van der Waals surface area (Å²) >= 11 is 0. The number of hydrogen-bond donors (Lipinski definition) is 1. The molecule has 126 valence electrons. The van der Waals surface area contributed by atoms with Gasteiger partial charge < -0.3 is 15.1 Å². The van der Waals surface area contributed by atoms with Crippen molar-refractivity contribution >= 4 is 11.7 Å². The lowest BCUT2D eigenvalue weighted by Gasteiger charge is -2.32. The Morgan fingerprint density at radius 1 is 1.25 bits per heavy atom. The van der Waals surface area contributed by atoms with Crippen molar-refractivity contribution in [2.24, 2.45) is 0 Å². The average Bonchev–Trinajstić information content (AvgIpc) is 2.60. The predicted octanol–water partition coefficient (Wildman–Crippen LogP) is 1.18. The summed E-state index contributed by atoms with van der Waals surface area (Å²) in [5.74, 6) is 1.21. The second-order valence-electron chi connectivity index (χ2n) is 6.00. The van der Waals surface area contributed by atoms with Crippen LogP contribution in [0.15, 0.2) is 30.6 Å². The number of nitrogens with zero attached hydrogens (tertiary/aromatic N) is 5. The van der Waals surface area contributed by atoms with Gasteiger partial charge in [0.15, 0.2) is 0 Å². The van der Waals surface area contributed by atoms with Crippen molar-refractivity contribution in [3.05, 3.63) is 47.7 Å². The largest absolute Gasteiger partial charge is 0.366 e. The van der Waals surface area contributed by atoms with E-state index in [1.807, 2.05) is 17.0 Å². The van der Waals surface area contributed by atoms with Gasteiger partial charge in [-0.3, -0.25) is 9.78 Å². The van der Waals surface area contributed by atoms with E-state index in [0.29, 0.717) is 23.9 Å². The monoisotopic (exact) mass is 326 g/mol. The molecule has 1 saturated heterocycles. The number of carbonyl (C=O) groups is 1. The fraction of sp³-hybridized carbons (Fsp3) is 0.412. The Balaban J connectivity index is 1.70. The van der Waals surface area contributed by atoms with E-state index in [0.717, 1.165) is 31.7 Å². The van der Waals surface area contributed by atoms with Crippen LogP contribution >= 0.6 is 0 Å². The molecule has 1 aliphatic rings. The molecule has 0 unspecified atom stereocenters. The molecule has 24 heavy (non-hydrogen) atoms. The third-order valence-corrected chi connectivity index (χ3v) is 4.04. The molecule has 0 bridgehead atoms. The van der Waals surface area contributed by atoms with Crippen molar-refractivity contribution in [3.8, 4) is 0 Å². The van der Waals surface area contributed by atoms with E-state index in [4.69, 9.17) is 0 Å². The lowest BCUT2D eigenvalue weighted by Crippen LogP contribution is -2.47. The summed E-state index contributed by atoms with van der Waals surface area (Å²) in [5, 5.41) is 3.24. The topological polar surface area (TPSA) is 74.2 Å². The summed E-state index contributed by atoms with van der Waals surface area (Å²) in [6.07, 6.45) is 3.54. The average molecular weight is 326 g/mol. The van der Waals surface area contributed by atoms with Crippen LogP contribution in [0, 0.1) is 6.92 Å². The molecule has 7 nitrogen and oxygen atoms in total. The Labute approximate surface area is 141 Å². The zero-order valence-corrected chi connectivity index (χ0v) is 14.1. The van der Waals surface area contributed by atoms with Crippen LogP contribution in [-0.4, -0.2) is 63.9 Å². The molecule has 2 aromatic heterocycles. The van der Waals surface area contributed by atoms with Gasteiger partial charge >= 0.3 is 0 Å². The number of pyridine rings is 1. The van der Waals surface area contributed by atoms with E-state index >= 15 is 0 Å². The number of nitrogens with one attached hydrogen (secondary N) is 1. The molecule has 2 aromatic rings. The molecular weight excluding hydrogens is 304 g/mol. The number of aromatic nitrogens is 3. The number of piperazine rings is 1. The van der Waals surface area contributed by atoms with Gasteiger partial charge in [0, 0.05) is 51.2 Å². The zero-order chi connectivity index (χ0) is 16.9. The Kier molecular flexibility index (Phi) is 5.00. The van der Waals surface area contributed by atoms with Gasteiger partial charge in [0.25, 0.3) is 5.91 Å². The Morgan fingerprint density at radius 3 is 2.75 bits per heavy atom. The number of amides is 1. The zero-order valence-electron chi connectivity index (χ0n) is 14.1. The molecule has 1 fully saturated rings. The van der Waals surface area contributed by atoms with Crippen molar-refractivity contribution in [2.75, 3.05) is 38.5 Å². The van der Waals surface area contributed by atoms with Crippen molar-refractivity contribution in [3.63, 3.8) is 0 Å². The molecule has 0 atom stereocenters. The highest BCUT2D eigenvalue weighted by Crippen LogP contribution is 2.12. The molecular formula is C17H22N6O. The van der Waals surface area contributed by atoms with E-state index < -0.39 is 0 Å². The first-order valence-electron chi connectivity index (χ1n) is 8.08. The highest BCUT2D eigenvalue weighted by molar-refractivity contribution is 5.93. The van der Waals surface area contributed by atoms with Crippen LogP contribution in [0.25, 0.3) is 0 Å². The number of hydrogen-bond acceptors (Lipinski definition) is 6. The molecule has 1 aliphatic heterocycles. The van der Waals surface area contributed by atoms with Gasteiger partial charge in [-0.15, -0.1) is 0 Å². The highest BCUT2D eigenvalue weighted by Gasteiger charge is 2.22. The summed E-state index contributed by atoms with van der Waals surface area (Å²) in [5.41, 5.74) is 1.50. The minimum absolute atomic E-state index is 0.0296. The number of carbonyl (C=O) groups excluding carboxylic acids is 1. The molecule has 3 heterocycles. The summed E-state index contributed by atoms with van der Waals surface area (Å²) in [6, 6.07) is 5.61. The van der Waals surface area contributed by atoms with Crippen molar-refractivity contribution in [1.82, 2.24) is 24.8 Å². The number of anilines is 1. The van der Waals surface area contributed by atoms with Crippen molar-refractivity contribution in [1.29, 1.82) is 0 Å². The second-order valence-corrected chi connectivity index (χ2v) is 6.00. The van der Waals surface area contributed by atoms with E-state index in [1.165, 1.54) is 0 Å². The molecule has 0 radical (unpaired) electrons. The molecule has 1 N–H and O–H groups in total. The van der Waals surface area contributed by atoms with Crippen molar-refractivity contribution < 1.29 is 4.79 Å². The van der Waals surface area contributed by atoms with Gasteiger partial charge in [-0.2, -0.15) is 0 Å². The molecule has 0 aromatic carbocycles. The molecule has 7 heteroatoms. The number of likely N-dealkylation sites (N-methyl/N-ethyl adjacent to an activating group) is 1. The summed E-state index contributed by atoms with van der Waals surface area (Å²) < 4.78 is 0. The smallest absolute Gasteiger partial charge is 0.272 e. The van der Waals surface area contributed by atoms with E-state index in [-0.39, 0.29) is 5.91 Å². The molecule has 0 aliphatic carbocycles. The van der Waals surface area contributed by atoms with Crippen LogP contribution in [-0.2, 0) is 6.54 Å². The minimum atomic E-state index is -0.0296. The highest BCUT2D eigenvalue weighted by atomic mass is 16.2. The standard InChI is InChI=1S/C17H22N6O/c1-13-20-15(17(24)23-8-6-22(2)7-9-23)10-16(21-13)19-12-14-4-3-5-18-11-14/h3-5,10-11H,6-9,12H2,1-2H3,(H,19,20,21). The normalized spacial score (nSPS) is 15.3. The van der Waals surface area contributed by atoms with Gasteiger partial charge in [0.05, 0.1) is 0 Å². The van der Waals surface area contributed by atoms with Crippen LogP contribution in [0.4, 0.5) is 5.82 Å². The molecule has 0 saturated carbocycles. The van der Waals surface area contributed by atoms with E-state index in [2.05, 4.69) is 32.2 Å². The Morgan fingerprint density at radius 2 is 2.04 bits per heavy atom. The first-order chi connectivity index (χ1) is 11.6. The lowest BCUT2D eigenvalue weighted by atomic mass is 10.2. The van der Waals surface area contributed by atoms with Gasteiger partial charge in [-0.1, -0.05) is 6.07 Å². The molecule has 3 rings (SSSR count). The van der Waals surface area contributed by atoms with Gasteiger partial charge in [0.1, 0.15) is 17.3 Å². The van der Waals surface area contributed by atoms with Crippen molar-refractivity contribution in [2.45, 2.75) is 13.5 Å². The summed E-state index contributed by atoms with van der Waals surface area (Å²) in [4.78, 5) is 29.5. The van der Waals surface area contributed by atoms with E-state index in [9.17, 15) is 4.79 Å². The second kappa shape index (κ2) is 7.35. The first-order valence-corrected chi connectivity index (χ1v) is 8.08. The SMILES string of the molecule is Cc1nc(NCc2cccnc2)cc(C(=O)N2CCN(C)CC2)n1. The summed E-state index contributed by atoms with van der Waals surface area (Å²) in [7, 11) is 2.07. The third-order valence-electron chi connectivity index (χ3n) is 4.04. The first kappa shape index (κ1) is 16.3. The maximum atomic E-state index is 12.7. The fourth-order valence-corrected chi connectivity index (χ4v) is 2.63. The predicted molar refractivity (Wildman–Crippen MR) is 91.7 cm³/mol. The maximum absolute atomic E-state index is 12.7. The number of aryl methyl sites for hydroxylation is 1. The van der Waals surface area contributed by atoms with E-state index in [1.54, 1.807) is 25.4 Å². The fourth-order valence-electron chi connectivity index (χ4n) is 2.63. The minimum Gasteiger partial charge on any atom is -0.366 e. The third kappa shape index (κ3) is 4.05. The quantitative estimate of drug-likeness (QED) is 0.909. The maximum Gasteiger partial charge on any atom is 0.272 e. The van der Waals surface area contributed by atoms with Gasteiger partial charge in [-0.05, 0) is 25.6 Å². The lowest BCUT2D eigenvalue weighted by molar-refractivity contribution is 0.0658. The van der Waals surface area contributed by atoms with Crippen LogP contribution in [0.1, 0.15) is 21.9 Å². The summed E-state index contributed by atoms with van der Waals surface area (Å²) in [6.45, 7) is 5.65.